The molecule has 0 unspecified atom stereocenters. The van der Waals surface area contributed by atoms with Crippen molar-refractivity contribution >= 4 is 40.5 Å². The molecule has 228 valence electrons. The van der Waals surface area contributed by atoms with Gasteiger partial charge in [-0.2, -0.15) is 0 Å². The van der Waals surface area contributed by atoms with Gasteiger partial charge in [0.25, 0.3) is 0 Å². The van der Waals surface area contributed by atoms with Gasteiger partial charge in [-0.1, -0.05) is 90.5 Å². The standard InChI is InChI=1S/C38H40N3OSi.Pt/c1-37(2,3)26-19-20-31-28(23-26)29-24-30(38(4,5)6)35(40-36(29)41(31)32-16-9-10-17-33(32)42)25-14-13-15-27(22-25)43(7,8)34-18-11-12-21-39-34;/h9-21,23-24,42H,1-8H3;/q-1;. The third kappa shape index (κ3) is 5.57. The SMILES string of the molecule is CC(C)(C)c1ccc2c(c1)c1cc(C(C)(C)C)c(-c3[c-]c([Si](C)(C)c4ccccn4)ccc3)nc1n2-c1ccccc1O.[Pt]. The number of fused-ring (bicyclic) bond motifs is 3. The first kappa shape index (κ1) is 31.9. The fraction of sp³-hybridized carbons (Fsp3) is 0.263. The summed E-state index contributed by atoms with van der Waals surface area (Å²) in [5.74, 6) is 0.223. The number of hydrogen-bond donors (Lipinski definition) is 1. The first-order valence-electron chi connectivity index (χ1n) is 15.0. The van der Waals surface area contributed by atoms with Gasteiger partial charge in [0.05, 0.1) is 11.2 Å². The number of nitrogens with zero attached hydrogens (tertiary/aromatic N) is 3. The molecule has 4 nitrogen and oxygen atoms in total. The Labute approximate surface area is 276 Å². The van der Waals surface area contributed by atoms with E-state index >= 15 is 0 Å². The predicted molar refractivity (Wildman–Crippen MR) is 183 cm³/mol. The van der Waals surface area contributed by atoms with E-state index in [0.29, 0.717) is 0 Å². The Morgan fingerprint density at radius 2 is 1.50 bits per heavy atom. The fourth-order valence-corrected chi connectivity index (χ4v) is 8.06. The zero-order chi connectivity index (χ0) is 30.7. The van der Waals surface area contributed by atoms with Crippen LogP contribution in [0.1, 0.15) is 52.7 Å². The van der Waals surface area contributed by atoms with E-state index in [-0.39, 0.29) is 37.6 Å². The largest absolute Gasteiger partial charge is 0.506 e. The van der Waals surface area contributed by atoms with Crippen LogP contribution in [0.25, 0.3) is 38.9 Å². The molecule has 0 bridgehead atoms. The molecule has 0 saturated heterocycles. The van der Waals surface area contributed by atoms with Crippen LogP contribution in [-0.4, -0.2) is 27.7 Å². The maximum absolute atomic E-state index is 11.0. The van der Waals surface area contributed by atoms with Crippen LogP contribution < -0.4 is 10.5 Å². The molecule has 3 heterocycles. The smallest absolute Gasteiger partial charge is 0.139 e. The quantitative estimate of drug-likeness (QED) is 0.145. The van der Waals surface area contributed by atoms with Gasteiger partial charge in [-0.05, 0) is 58.5 Å². The number of phenols is 1. The molecule has 0 aliphatic heterocycles. The molecule has 0 aliphatic rings. The maximum Gasteiger partial charge on any atom is 0.139 e. The van der Waals surface area contributed by atoms with E-state index in [9.17, 15) is 5.11 Å². The Morgan fingerprint density at radius 1 is 0.773 bits per heavy atom. The average molecular weight is 778 g/mol. The molecular weight excluding hydrogens is 738 g/mol. The normalized spacial score (nSPS) is 12.5. The topological polar surface area (TPSA) is 50.9 Å². The first-order chi connectivity index (χ1) is 20.3. The Kier molecular flexibility index (Phi) is 8.28. The summed E-state index contributed by atoms with van der Waals surface area (Å²) in [6.45, 7) is 18.1. The fourth-order valence-electron chi connectivity index (χ4n) is 5.92. The van der Waals surface area contributed by atoms with Gasteiger partial charge in [-0.3, -0.25) is 14.5 Å². The molecule has 0 fully saturated rings. The van der Waals surface area contributed by atoms with Crippen molar-refractivity contribution in [1.82, 2.24) is 14.5 Å². The average Bonchev–Trinajstić information content (AvgIpc) is 3.29. The van der Waals surface area contributed by atoms with E-state index in [2.05, 4.69) is 120 Å². The van der Waals surface area contributed by atoms with Gasteiger partial charge in [0.2, 0.25) is 0 Å². The van der Waals surface area contributed by atoms with Crippen molar-refractivity contribution < 1.29 is 26.2 Å². The second-order valence-electron chi connectivity index (χ2n) is 14.1. The molecule has 6 aromatic rings. The van der Waals surface area contributed by atoms with E-state index in [1.807, 2.05) is 30.5 Å². The maximum atomic E-state index is 11.0. The van der Waals surface area contributed by atoms with Crippen LogP contribution in [0, 0.1) is 6.07 Å². The zero-order valence-electron chi connectivity index (χ0n) is 26.8. The van der Waals surface area contributed by atoms with E-state index in [1.165, 1.54) is 16.3 Å². The van der Waals surface area contributed by atoms with Crippen LogP contribution in [0.5, 0.6) is 5.75 Å². The number of aromatic hydroxyl groups is 1. The second-order valence-corrected chi connectivity index (χ2v) is 18.4. The summed E-state index contributed by atoms with van der Waals surface area (Å²) in [4.78, 5) is 10.2. The molecule has 0 atom stereocenters. The minimum Gasteiger partial charge on any atom is -0.506 e. The Bertz CT molecular complexity index is 1980. The number of pyridine rings is 2. The monoisotopic (exact) mass is 777 g/mol. The molecule has 44 heavy (non-hydrogen) atoms. The van der Waals surface area contributed by atoms with Gasteiger partial charge < -0.3 is 5.11 Å². The Balaban J connectivity index is 0.00000384. The molecule has 0 aliphatic carbocycles. The van der Waals surface area contributed by atoms with E-state index < -0.39 is 8.07 Å². The van der Waals surface area contributed by atoms with Crippen molar-refractivity contribution in [3.63, 3.8) is 0 Å². The van der Waals surface area contributed by atoms with Crippen molar-refractivity contribution in [2.75, 3.05) is 0 Å². The summed E-state index contributed by atoms with van der Waals surface area (Å²) >= 11 is 0. The first-order valence-corrected chi connectivity index (χ1v) is 18.0. The number of aromatic nitrogens is 3. The van der Waals surface area contributed by atoms with Crippen molar-refractivity contribution in [2.45, 2.75) is 65.5 Å². The number of para-hydroxylation sites is 2. The van der Waals surface area contributed by atoms with Crippen molar-refractivity contribution in [2.24, 2.45) is 0 Å². The summed E-state index contributed by atoms with van der Waals surface area (Å²) in [6.07, 6.45) is 1.88. The second kappa shape index (κ2) is 11.4. The van der Waals surface area contributed by atoms with Crippen LogP contribution >= 0.6 is 0 Å². The van der Waals surface area contributed by atoms with E-state index in [1.54, 1.807) is 6.07 Å². The summed E-state index contributed by atoms with van der Waals surface area (Å²) in [7, 11) is -2.09. The molecule has 6 heteroatoms. The van der Waals surface area contributed by atoms with Gasteiger partial charge in [-0.25, -0.2) is 0 Å². The Hall–Kier alpha value is -3.53. The molecule has 3 aromatic carbocycles. The third-order valence-corrected chi connectivity index (χ3v) is 11.8. The molecule has 1 N–H and O–H groups in total. The van der Waals surface area contributed by atoms with Crippen molar-refractivity contribution in [3.8, 4) is 22.7 Å². The minimum absolute atomic E-state index is 0. The van der Waals surface area contributed by atoms with Crippen LogP contribution in [0.4, 0.5) is 0 Å². The number of benzene rings is 3. The van der Waals surface area contributed by atoms with Crippen LogP contribution in [0.15, 0.2) is 91.1 Å². The number of rotatable bonds is 4. The summed E-state index contributed by atoms with van der Waals surface area (Å²) in [5, 5.41) is 15.6. The molecule has 6 rings (SSSR count). The minimum atomic E-state index is -2.09. The van der Waals surface area contributed by atoms with Gasteiger partial charge in [0.1, 0.15) is 19.5 Å². The third-order valence-electron chi connectivity index (χ3n) is 8.57. The van der Waals surface area contributed by atoms with Crippen LogP contribution in [0.3, 0.4) is 0 Å². The molecular formula is C38H40N3OPtSi-. The van der Waals surface area contributed by atoms with Crippen molar-refractivity contribution in [1.29, 1.82) is 0 Å². The molecule has 0 amide bonds. The summed E-state index contributed by atoms with van der Waals surface area (Å²) in [5.41, 5.74) is 6.73. The van der Waals surface area contributed by atoms with E-state index in [0.717, 1.165) is 44.2 Å². The predicted octanol–water partition coefficient (Wildman–Crippen LogP) is 8.16. The molecule has 0 saturated carbocycles. The van der Waals surface area contributed by atoms with Gasteiger partial charge in [0, 0.05) is 43.4 Å². The van der Waals surface area contributed by atoms with Gasteiger partial charge in [-0.15, -0.1) is 35.0 Å². The van der Waals surface area contributed by atoms with Gasteiger partial charge >= 0.3 is 0 Å². The van der Waals surface area contributed by atoms with Gasteiger partial charge in [0.15, 0.2) is 0 Å². The molecule has 3 aromatic heterocycles. The van der Waals surface area contributed by atoms with Crippen molar-refractivity contribution in [3.05, 3.63) is 108 Å². The summed E-state index contributed by atoms with van der Waals surface area (Å²) < 4.78 is 2.11. The van der Waals surface area contributed by atoms with Crippen LogP contribution in [0.2, 0.25) is 13.1 Å². The molecule has 0 spiro atoms. The zero-order valence-corrected chi connectivity index (χ0v) is 30.0. The summed E-state index contributed by atoms with van der Waals surface area (Å²) in [6, 6.07) is 32.9. The van der Waals surface area contributed by atoms with Crippen LogP contribution in [-0.2, 0) is 31.9 Å². The Morgan fingerprint density at radius 3 is 2.16 bits per heavy atom. The molecule has 0 radical (unpaired) electrons. The number of hydrogen-bond acceptors (Lipinski definition) is 3. The number of phenolic OH excluding ortho intramolecular Hbond substituents is 1. The van der Waals surface area contributed by atoms with E-state index in [4.69, 9.17) is 9.97 Å².